The van der Waals surface area contributed by atoms with Gasteiger partial charge in [-0.15, -0.1) is 0 Å². The van der Waals surface area contributed by atoms with Crippen LogP contribution >= 0.6 is 0 Å². The molecule has 1 aromatic heterocycles. The molecule has 1 atom stereocenters. The first-order valence-electron chi connectivity index (χ1n) is 10.1. The minimum atomic E-state index is -0.467. The highest BCUT2D eigenvalue weighted by atomic mass is 16.2. The largest absolute Gasteiger partial charge is 0.354 e. The summed E-state index contributed by atoms with van der Waals surface area (Å²) in [5.74, 6) is 0.990. The summed E-state index contributed by atoms with van der Waals surface area (Å²) < 4.78 is 0. The molecule has 0 fully saturated rings. The van der Waals surface area contributed by atoms with Crippen LogP contribution in [0.1, 0.15) is 42.0 Å². The van der Waals surface area contributed by atoms with Crippen molar-refractivity contribution in [3.63, 3.8) is 0 Å². The number of hydrogen-bond donors (Lipinski definition) is 2. The summed E-state index contributed by atoms with van der Waals surface area (Å²) in [6.07, 6.45) is 1.25. The summed E-state index contributed by atoms with van der Waals surface area (Å²) in [7, 11) is 0. The number of benzene rings is 2. The average molecular weight is 390 g/mol. The van der Waals surface area contributed by atoms with Crippen LogP contribution in [0.5, 0.6) is 0 Å². The molecule has 1 aliphatic heterocycles. The molecule has 2 N–H and O–H groups in total. The maximum absolute atomic E-state index is 13.0. The number of H-pyrrole nitrogens is 1. The van der Waals surface area contributed by atoms with Crippen LogP contribution in [-0.4, -0.2) is 39.3 Å². The Hall–Kier alpha value is -3.15. The third-order valence-corrected chi connectivity index (χ3v) is 5.32. The Morgan fingerprint density at radius 2 is 1.93 bits per heavy atom. The number of hydrogen-bond acceptors (Lipinski definition) is 3. The summed E-state index contributed by atoms with van der Waals surface area (Å²) in [6.45, 7) is 5.11. The Morgan fingerprint density at radius 1 is 1.17 bits per heavy atom. The van der Waals surface area contributed by atoms with Crippen molar-refractivity contribution in [3.8, 4) is 0 Å². The summed E-state index contributed by atoms with van der Waals surface area (Å²) >= 11 is 0. The molecule has 6 heteroatoms. The van der Waals surface area contributed by atoms with Gasteiger partial charge in [-0.05, 0) is 36.1 Å². The first-order valence-corrected chi connectivity index (χ1v) is 10.1. The minimum absolute atomic E-state index is 0.0568. The molecule has 2 amide bonds. The second kappa shape index (κ2) is 8.07. The van der Waals surface area contributed by atoms with Crippen LogP contribution in [0.2, 0.25) is 0 Å². The zero-order chi connectivity index (χ0) is 20.4. The van der Waals surface area contributed by atoms with Gasteiger partial charge in [0.25, 0.3) is 5.91 Å². The van der Waals surface area contributed by atoms with Crippen LogP contribution < -0.4 is 5.32 Å². The fourth-order valence-electron chi connectivity index (χ4n) is 3.90. The molecule has 4 rings (SSSR count). The Bertz CT molecular complexity index is 1010. The van der Waals surface area contributed by atoms with Gasteiger partial charge in [0.05, 0.1) is 11.0 Å². The highest BCUT2D eigenvalue weighted by Crippen LogP contribution is 2.26. The quantitative estimate of drug-likeness (QED) is 0.650. The number of imidazole rings is 1. The molecule has 0 aliphatic carbocycles. The number of aromatic amines is 1. The molecule has 1 aliphatic rings. The number of fused-ring (bicyclic) bond motifs is 2. The second-order valence-corrected chi connectivity index (χ2v) is 7.98. The lowest BCUT2D eigenvalue weighted by Crippen LogP contribution is -2.48. The number of aromatic nitrogens is 2. The smallest absolute Gasteiger partial charge is 0.255 e. The van der Waals surface area contributed by atoms with Crippen molar-refractivity contribution in [2.45, 2.75) is 39.3 Å². The molecule has 2 aromatic carbocycles. The zero-order valence-electron chi connectivity index (χ0n) is 16.8. The summed E-state index contributed by atoms with van der Waals surface area (Å²) in [5, 5.41) is 3.01. The lowest BCUT2D eigenvalue weighted by Gasteiger charge is -2.28. The number of nitrogens with zero attached hydrogens (tertiary/aromatic N) is 2. The van der Waals surface area contributed by atoms with E-state index in [0.717, 1.165) is 22.4 Å². The van der Waals surface area contributed by atoms with Crippen LogP contribution in [0, 0.1) is 5.92 Å². The van der Waals surface area contributed by atoms with Crippen LogP contribution in [0.25, 0.3) is 11.0 Å². The molecule has 150 valence electrons. The molecule has 3 aromatic rings. The number of carbonyl (C=O) groups is 2. The first-order chi connectivity index (χ1) is 14.0. The highest BCUT2D eigenvalue weighted by Gasteiger charge is 2.36. The predicted molar refractivity (Wildman–Crippen MR) is 112 cm³/mol. The van der Waals surface area contributed by atoms with E-state index >= 15 is 0 Å². The fourth-order valence-corrected chi connectivity index (χ4v) is 3.90. The summed E-state index contributed by atoms with van der Waals surface area (Å²) in [5.41, 5.74) is 3.61. The van der Waals surface area contributed by atoms with E-state index in [9.17, 15) is 9.59 Å². The van der Waals surface area contributed by atoms with E-state index in [1.807, 2.05) is 48.5 Å². The normalized spacial score (nSPS) is 14.4. The van der Waals surface area contributed by atoms with Gasteiger partial charge in [-0.3, -0.25) is 9.59 Å². The molecule has 2 heterocycles. The van der Waals surface area contributed by atoms with E-state index in [4.69, 9.17) is 0 Å². The van der Waals surface area contributed by atoms with Crippen molar-refractivity contribution in [2.75, 3.05) is 6.54 Å². The van der Waals surface area contributed by atoms with Gasteiger partial charge in [0.1, 0.15) is 11.9 Å². The Labute approximate surface area is 170 Å². The van der Waals surface area contributed by atoms with Gasteiger partial charge < -0.3 is 15.2 Å². The van der Waals surface area contributed by atoms with E-state index in [2.05, 4.69) is 29.1 Å². The van der Waals surface area contributed by atoms with Gasteiger partial charge >= 0.3 is 0 Å². The van der Waals surface area contributed by atoms with Gasteiger partial charge in [0.2, 0.25) is 5.91 Å². The van der Waals surface area contributed by atoms with Crippen LogP contribution in [0.15, 0.2) is 48.5 Å². The van der Waals surface area contributed by atoms with Crippen LogP contribution in [0.3, 0.4) is 0 Å². The zero-order valence-corrected chi connectivity index (χ0v) is 16.8. The van der Waals surface area contributed by atoms with E-state index in [1.165, 1.54) is 0 Å². The van der Waals surface area contributed by atoms with Crippen molar-refractivity contribution in [1.29, 1.82) is 0 Å². The van der Waals surface area contributed by atoms with Gasteiger partial charge in [0, 0.05) is 25.1 Å². The molecule has 0 saturated carbocycles. The van der Waals surface area contributed by atoms with Crippen LogP contribution in [-0.2, 0) is 17.8 Å². The lowest BCUT2D eigenvalue weighted by atomic mass is 10.0. The van der Waals surface area contributed by atoms with E-state index in [1.54, 1.807) is 4.90 Å². The molecule has 6 nitrogen and oxygen atoms in total. The third-order valence-electron chi connectivity index (χ3n) is 5.32. The summed E-state index contributed by atoms with van der Waals surface area (Å²) in [4.78, 5) is 35.4. The molecule has 29 heavy (non-hydrogen) atoms. The summed E-state index contributed by atoms with van der Waals surface area (Å²) in [6, 6.07) is 15.0. The average Bonchev–Trinajstić information content (AvgIpc) is 3.27. The molecule has 0 spiro atoms. The van der Waals surface area contributed by atoms with E-state index < -0.39 is 6.04 Å². The monoisotopic (exact) mass is 390 g/mol. The number of rotatable bonds is 7. The number of para-hydroxylation sites is 2. The van der Waals surface area contributed by atoms with E-state index in [0.29, 0.717) is 37.4 Å². The van der Waals surface area contributed by atoms with Gasteiger partial charge in [-0.25, -0.2) is 4.98 Å². The van der Waals surface area contributed by atoms with Crippen molar-refractivity contribution in [1.82, 2.24) is 20.2 Å². The van der Waals surface area contributed by atoms with Gasteiger partial charge in [-0.1, -0.05) is 44.2 Å². The molecular formula is C23H26N4O2. The maximum Gasteiger partial charge on any atom is 0.255 e. The predicted octanol–water partition coefficient (Wildman–Crippen LogP) is 3.29. The van der Waals surface area contributed by atoms with Gasteiger partial charge in [0.15, 0.2) is 0 Å². The fraction of sp³-hybridized carbons (Fsp3) is 0.348. The van der Waals surface area contributed by atoms with Crippen LogP contribution in [0.4, 0.5) is 0 Å². The maximum atomic E-state index is 13.0. The highest BCUT2D eigenvalue weighted by molar-refractivity contribution is 6.01. The van der Waals surface area contributed by atoms with Crippen molar-refractivity contribution < 1.29 is 9.59 Å². The minimum Gasteiger partial charge on any atom is -0.354 e. The number of nitrogens with one attached hydrogen (secondary N) is 2. The van der Waals surface area contributed by atoms with Crippen molar-refractivity contribution in [2.24, 2.45) is 5.92 Å². The van der Waals surface area contributed by atoms with Crippen molar-refractivity contribution >= 4 is 22.8 Å². The topological polar surface area (TPSA) is 78.1 Å². The lowest BCUT2D eigenvalue weighted by molar-refractivity contribution is -0.126. The molecule has 0 radical (unpaired) electrons. The number of carbonyl (C=O) groups excluding carboxylic acids is 2. The SMILES string of the molecule is CC(C)C[C@H](C(=O)NCCc1nc2ccccc2[nH]1)N1Cc2ccccc2C1=O. The molecule has 0 bridgehead atoms. The van der Waals surface area contributed by atoms with E-state index in [-0.39, 0.29) is 11.8 Å². The number of amides is 2. The molecule has 0 unspecified atom stereocenters. The third kappa shape index (κ3) is 4.01. The molecular weight excluding hydrogens is 364 g/mol. The van der Waals surface area contributed by atoms with Gasteiger partial charge in [-0.2, -0.15) is 0 Å². The Balaban J connectivity index is 1.42. The van der Waals surface area contributed by atoms with Crippen molar-refractivity contribution in [3.05, 3.63) is 65.5 Å². The second-order valence-electron chi connectivity index (χ2n) is 7.98. The Kier molecular flexibility index (Phi) is 5.34. The first kappa shape index (κ1) is 19.2. The molecule has 0 saturated heterocycles. The Morgan fingerprint density at radius 3 is 2.69 bits per heavy atom. The standard InChI is InChI=1S/C23H26N4O2/c1-15(2)13-20(27-14-16-7-3-4-8-17(16)23(27)29)22(28)24-12-11-21-25-18-9-5-6-10-19(18)26-21/h3-10,15,20H,11-14H2,1-2H3,(H,24,28)(H,25,26)/t20-/m1/s1.